The molecular weight excluding hydrogens is 74.1 g/mol. The lowest BCUT2D eigenvalue weighted by Gasteiger charge is -1.82. The van der Waals surface area contributed by atoms with Gasteiger partial charge < -0.3 is 5.73 Å². The zero-order valence-electron chi connectivity index (χ0n) is 3.91. The van der Waals surface area contributed by atoms with Crippen LogP contribution in [0.4, 0.5) is 0 Å². The molecule has 0 saturated carbocycles. The molecule has 0 saturated heterocycles. The highest BCUT2D eigenvalue weighted by atomic mass is 14.5. The van der Waals surface area contributed by atoms with Gasteiger partial charge in [0.25, 0.3) is 0 Å². The van der Waals surface area contributed by atoms with E-state index in [-0.39, 0.29) is 0 Å². The molecule has 0 aromatic carbocycles. The summed E-state index contributed by atoms with van der Waals surface area (Å²) in [7, 11) is 0. The van der Waals surface area contributed by atoms with Crippen molar-refractivity contribution < 1.29 is 0 Å². The molecule has 1 heteroatoms. The predicted octanol–water partition coefficient (Wildman–Crippen LogP) is 0.714. The van der Waals surface area contributed by atoms with Crippen LogP contribution in [0.2, 0.25) is 0 Å². The first-order valence-corrected chi connectivity index (χ1v) is 2.12. The molecule has 0 heterocycles. The number of rotatable bonds is 3. The van der Waals surface area contributed by atoms with Gasteiger partial charge >= 0.3 is 0 Å². The maximum Gasteiger partial charge on any atom is -0.00741 e. The Hall–Kier alpha value is -0.300. The van der Waals surface area contributed by atoms with E-state index in [0.29, 0.717) is 0 Å². The van der Waals surface area contributed by atoms with E-state index in [0.717, 1.165) is 19.4 Å². The summed E-state index contributed by atoms with van der Waals surface area (Å²) in [6.45, 7) is 4.17. The number of allylic oxidation sites excluding steroid dienone is 1. The summed E-state index contributed by atoms with van der Waals surface area (Å²) in [5.41, 5.74) is 5.15. The van der Waals surface area contributed by atoms with Gasteiger partial charge in [-0.15, -0.1) is 0 Å². The molecule has 0 fully saturated rings. The van der Waals surface area contributed by atoms with Crippen LogP contribution in [0.1, 0.15) is 12.8 Å². The van der Waals surface area contributed by atoms with Crippen LogP contribution in [0.25, 0.3) is 0 Å². The van der Waals surface area contributed by atoms with Gasteiger partial charge in [0.15, 0.2) is 0 Å². The average Bonchev–Trinajstić information content (AvgIpc) is 1.61. The van der Waals surface area contributed by atoms with Gasteiger partial charge in [0, 0.05) is 0 Å². The molecule has 0 aliphatic rings. The Morgan fingerprint density at radius 2 is 2.33 bits per heavy atom. The first-order chi connectivity index (χ1) is 2.91. The fourth-order valence-electron chi connectivity index (χ4n) is 0.227. The van der Waals surface area contributed by atoms with Crippen LogP contribution in [0.3, 0.4) is 0 Å². The molecule has 1 radical (unpaired) electrons. The normalized spacial score (nSPS) is 8.17. The van der Waals surface area contributed by atoms with Gasteiger partial charge in [0.1, 0.15) is 0 Å². The van der Waals surface area contributed by atoms with E-state index in [2.05, 4.69) is 12.7 Å². The number of hydrogen-bond donors (Lipinski definition) is 1. The molecule has 0 rings (SSSR count). The number of nitrogens with two attached hydrogens (primary N) is 1. The van der Waals surface area contributed by atoms with Crippen LogP contribution in [-0.4, -0.2) is 6.54 Å². The van der Waals surface area contributed by atoms with Crippen molar-refractivity contribution in [3.63, 3.8) is 0 Å². The third kappa shape index (κ3) is 3.70. The Morgan fingerprint density at radius 1 is 1.67 bits per heavy atom. The molecule has 35 valence electrons. The van der Waals surface area contributed by atoms with Crippen LogP contribution < -0.4 is 5.73 Å². The molecule has 6 heavy (non-hydrogen) atoms. The molecule has 2 N–H and O–H groups in total. The second-order valence-electron chi connectivity index (χ2n) is 1.14. The summed E-state index contributed by atoms with van der Waals surface area (Å²) in [5, 5.41) is 0. The molecule has 0 unspecified atom stereocenters. The fraction of sp³-hybridized carbons (Fsp3) is 0.600. The monoisotopic (exact) mass is 84.1 g/mol. The van der Waals surface area contributed by atoms with Gasteiger partial charge in [0.05, 0.1) is 0 Å². The maximum absolute atomic E-state index is 5.15. The summed E-state index contributed by atoms with van der Waals surface area (Å²) < 4.78 is 0. The van der Waals surface area contributed by atoms with E-state index in [1.807, 2.05) is 0 Å². The highest BCUT2D eigenvalue weighted by Crippen LogP contribution is 1.80. The van der Waals surface area contributed by atoms with Crippen LogP contribution in [-0.2, 0) is 0 Å². The van der Waals surface area contributed by atoms with Gasteiger partial charge in [0.2, 0.25) is 0 Å². The lowest BCUT2D eigenvalue weighted by molar-refractivity contribution is 0.845. The van der Waals surface area contributed by atoms with Crippen molar-refractivity contribution in [2.45, 2.75) is 12.8 Å². The third-order valence-electron chi connectivity index (χ3n) is 0.558. The Labute approximate surface area is 38.8 Å². The van der Waals surface area contributed by atoms with Crippen molar-refractivity contribution in [2.24, 2.45) is 5.73 Å². The van der Waals surface area contributed by atoms with Gasteiger partial charge in [-0.2, -0.15) is 0 Å². The van der Waals surface area contributed by atoms with Crippen LogP contribution in [0, 0.1) is 6.08 Å². The number of hydrogen-bond acceptors (Lipinski definition) is 1. The van der Waals surface area contributed by atoms with Crippen molar-refractivity contribution in [3.8, 4) is 0 Å². The molecule has 0 aromatic rings. The highest BCUT2D eigenvalue weighted by molar-refractivity contribution is 4.54. The van der Waals surface area contributed by atoms with Crippen molar-refractivity contribution in [1.82, 2.24) is 0 Å². The minimum atomic E-state index is 0.752. The van der Waals surface area contributed by atoms with Crippen molar-refractivity contribution in [2.75, 3.05) is 6.54 Å². The largest absolute Gasteiger partial charge is 0.330 e. The van der Waals surface area contributed by atoms with E-state index in [9.17, 15) is 0 Å². The highest BCUT2D eigenvalue weighted by Gasteiger charge is 1.71. The maximum atomic E-state index is 5.15. The summed E-state index contributed by atoms with van der Waals surface area (Å²) in [5.74, 6) is 0. The molecule has 0 amide bonds. The zero-order valence-corrected chi connectivity index (χ0v) is 3.91. The van der Waals surface area contributed by atoms with E-state index in [1.54, 1.807) is 0 Å². The van der Waals surface area contributed by atoms with Gasteiger partial charge in [-0.1, -0.05) is 12.7 Å². The van der Waals surface area contributed by atoms with Gasteiger partial charge in [-0.05, 0) is 19.4 Å². The zero-order chi connectivity index (χ0) is 4.83. The van der Waals surface area contributed by atoms with E-state index < -0.39 is 0 Å². The van der Waals surface area contributed by atoms with Crippen molar-refractivity contribution in [3.05, 3.63) is 12.7 Å². The smallest absolute Gasteiger partial charge is 0.00741 e. The fourth-order valence-corrected chi connectivity index (χ4v) is 0.227. The molecule has 0 aliphatic heterocycles. The minimum absolute atomic E-state index is 0.752. The number of unbranched alkanes of at least 4 members (excludes halogenated alkanes) is 1. The first-order valence-electron chi connectivity index (χ1n) is 2.12. The molecule has 0 aromatic heterocycles. The van der Waals surface area contributed by atoms with Crippen LogP contribution in [0.15, 0.2) is 6.58 Å². The summed E-state index contributed by atoms with van der Waals surface area (Å²) in [6, 6.07) is 0. The van der Waals surface area contributed by atoms with Gasteiger partial charge in [-0.25, -0.2) is 0 Å². The molecule has 0 aliphatic carbocycles. The topological polar surface area (TPSA) is 26.0 Å². The summed E-state index contributed by atoms with van der Waals surface area (Å²) in [4.78, 5) is 0. The second kappa shape index (κ2) is 4.70. The summed E-state index contributed by atoms with van der Waals surface area (Å²) in [6.07, 6.45) is 4.68. The Balaban J connectivity index is 2.49. The van der Waals surface area contributed by atoms with Crippen LogP contribution >= 0.6 is 0 Å². The molecule has 0 spiro atoms. The van der Waals surface area contributed by atoms with E-state index in [1.165, 1.54) is 0 Å². The van der Waals surface area contributed by atoms with E-state index >= 15 is 0 Å². The predicted molar refractivity (Wildman–Crippen MR) is 27.2 cm³/mol. The molecule has 0 bridgehead atoms. The summed E-state index contributed by atoms with van der Waals surface area (Å²) >= 11 is 0. The standard InChI is InChI=1S/C5H10N/c1-2-3-4-5-6/h1,3-6H2. The van der Waals surface area contributed by atoms with Crippen molar-refractivity contribution >= 4 is 0 Å². The minimum Gasteiger partial charge on any atom is -0.330 e. The molecule has 1 nitrogen and oxygen atoms in total. The Morgan fingerprint density at radius 3 is 2.50 bits per heavy atom. The second-order valence-corrected chi connectivity index (χ2v) is 1.14. The molecule has 0 atom stereocenters. The van der Waals surface area contributed by atoms with Crippen molar-refractivity contribution in [1.29, 1.82) is 0 Å². The lowest BCUT2D eigenvalue weighted by Crippen LogP contribution is -1.96. The third-order valence-corrected chi connectivity index (χ3v) is 0.558. The Kier molecular flexibility index (Phi) is 4.46. The Bertz CT molecular complexity index is 32.9. The van der Waals surface area contributed by atoms with E-state index in [4.69, 9.17) is 5.73 Å². The first kappa shape index (κ1) is 5.70. The van der Waals surface area contributed by atoms with Gasteiger partial charge in [-0.3, -0.25) is 0 Å². The molecular formula is C5H10N. The SMILES string of the molecule is C=[C]CCCN. The lowest BCUT2D eigenvalue weighted by atomic mass is 10.3. The quantitative estimate of drug-likeness (QED) is 0.501. The average molecular weight is 84.1 g/mol. The van der Waals surface area contributed by atoms with Crippen LogP contribution in [0.5, 0.6) is 0 Å².